The Morgan fingerprint density at radius 1 is 1.37 bits per heavy atom. The molecule has 1 aromatic rings. The molecule has 0 bridgehead atoms. The molecule has 0 aliphatic carbocycles. The predicted molar refractivity (Wildman–Crippen MR) is 92.7 cm³/mol. The zero-order valence-corrected chi connectivity index (χ0v) is 15.1. The molecule has 0 spiro atoms. The fraction of sp³-hybridized carbons (Fsp3) is 0.625. The van der Waals surface area contributed by atoms with Gasteiger partial charge in [0.2, 0.25) is 11.8 Å². The number of rotatable bonds is 7. The van der Waals surface area contributed by atoms with E-state index in [1.807, 2.05) is 0 Å². The van der Waals surface area contributed by atoms with Crippen LogP contribution in [0.2, 0.25) is 0 Å². The molecule has 1 saturated heterocycles. The van der Waals surface area contributed by atoms with Crippen molar-refractivity contribution < 1.29 is 24.4 Å². The molecule has 0 radical (unpaired) electrons. The highest BCUT2D eigenvalue weighted by molar-refractivity contribution is 5.80. The van der Waals surface area contributed by atoms with E-state index in [0.29, 0.717) is 32.4 Å². The first-order valence-electron chi connectivity index (χ1n) is 8.71. The average Bonchev–Trinajstić information content (AvgIpc) is 2.94. The van der Waals surface area contributed by atoms with Crippen molar-refractivity contribution in [1.82, 2.24) is 19.6 Å². The van der Waals surface area contributed by atoms with Crippen LogP contribution in [0.4, 0.5) is 5.69 Å². The number of carboxylic acids is 1. The summed E-state index contributed by atoms with van der Waals surface area (Å²) in [6, 6.07) is -0.204. The van der Waals surface area contributed by atoms with E-state index in [0.717, 1.165) is 6.20 Å². The van der Waals surface area contributed by atoms with Gasteiger partial charge in [0.1, 0.15) is 18.9 Å². The molecule has 1 fully saturated rings. The summed E-state index contributed by atoms with van der Waals surface area (Å²) in [5.74, 6) is -1.44. The number of nitro groups is 1. The second-order valence-electron chi connectivity index (χ2n) is 6.47. The van der Waals surface area contributed by atoms with Crippen molar-refractivity contribution in [3.63, 3.8) is 0 Å². The normalized spacial score (nSPS) is 17.2. The quantitative estimate of drug-likeness (QED) is 0.536. The third-order valence-corrected chi connectivity index (χ3v) is 4.59. The summed E-state index contributed by atoms with van der Waals surface area (Å²) in [7, 11) is 0. The van der Waals surface area contributed by atoms with Crippen LogP contribution < -0.4 is 0 Å². The first-order valence-corrected chi connectivity index (χ1v) is 8.71. The topological polar surface area (TPSA) is 139 Å². The summed E-state index contributed by atoms with van der Waals surface area (Å²) >= 11 is 0. The fourth-order valence-corrected chi connectivity index (χ4v) is 3.22. The van der Waals surface area contributed by atoms with Gasteiger partial charge < -0.3 is 14.9 Å². The number of carbonyl (C=O) groups excluding carboxylic acids is 2. The number of carbonyl (C=O) groups is 3. The fourth-order valence-electron chi connectivity index (χ4n) is 3.22. The molecule has 1 N–H and O–H groups in total. The lowest BCUT2D eigenvalue weighted by Gasteiger charge is -2.28. The van der Waals surface area contributed by atoms with E-state index < -0.39 is 10.9 Å². The van der Waals surface area contributed by atoms with Crippen LogP contribution in [0.1, 0.15) is 32.6 Å². The molecule has 27 heavy (non-hydrogen) atoms. The Bertz CT molecular complexity index is 718. The highest BCUT2D eigenvalue weighted by Crippen LogP contribution is 2.18. The van der Waals surface area contributed by atoms with Crippen molar-refractivity contribution >= 4 is 23.5 Å². The van der Waals surface area contributed by atoms with Crippen molar-refractivity contribution in [2.75, 3.05) is 19.6 Å². The third-order valence-electron chi connectivity index (χ3n) is 4.59. The van der Waals surface area contributed by atoms with E-state index in [1.54, 1.807) is 4.90 Å². The highest BCUT2D eigenvalue weighted by Gasteiger charge is 2.27. The van der Waals surface area contributed by atoms with Crippen LogP contribution in [0, 0.1) is 10.1 Å². The Morgan fingerprint density at radius 2 is 2.11 bits per heavy atom. The van der Waals surface area contributed by atoms with Gasteiger partial charge in [-0.25, -0.2) is 0 Å². The minimum Gasteiger partial charge on any atom is -0.480 e. The molecule has 1 atom stereocenters. The number of aryl methyl sites for hydroxylation is 1. The second kappa shape index (κ2) is 9.10. The zero-order valence-electron chi connectivity index (χ0n) is 15.1. The summed E-state index contributed by atoms with van der Waals surface area (Å²) in [4.78, 5) is 48.3. The summed E-state index contributed by atoms with van der Waals surface area (Å²) in [6.45, 7) is 2.22. The monoisotopic (exact) mass is 381 g/mol. The molecule has 1 unspecified atom stereocenters. The molecular weight excluding hydrogens is 358 g/mol. The Morgan fingerprint density at radius 3 is 2.70 bits per heavy atom. The van der Waals surface area contributed by atoms with Gasteiger partial charge in [-0.1, -0.05) is 0 Å². The molecule has 1 aromatic heterocycles. The summed E-state index contributed by atoms with van der Waals surface area (Å²) in [6.07, 6.45) is 4.41. The van der Waals surface area contributed by atoms with Crippen LogP contribution in [0.25, 0.3) is 0 Å². The molecule has 1 aliphatic heterocycles. The maximum Gasteiger partial charge on any atom is 0.323 e. The Labute approximate surface area is 155 Å². The minimum absolute atomic E-state index is 0.0959. The van der Waals surface area contributed by atoms with Crippen molar-refractivity contribution in [3.05, 3.63) is 22.5 Å². The summed E-state index contributed by atoms with van der Waals surface area (Å²) in [5.41, 5.74) is -0.122. The molecule has 2 rings (SSSR count). The zero-order chi connectivity index (χ0) is 20.0. The van der Waals surface area contributed by atoms with Gasteiger partial charge in [-0.2, -0.15) is 5.10 Å². The Balaban J connectivity index is 1.88. The number of amides is 2. The van der Waals surface area contributed by atoms with Crippen LogP contribution >= 0.6 is 0 Å². The largest absolute Gasteiger partial charge is 0.480 e. The van der Waals surface area contributed by atoms with Gasteiger partial charge in [0.15, 0.2) is 0 Å². The van der Waals surface area contributed by atoms with Gasteiger partial charge in [0, 0.05) is 39.0 Å². The van der Waals surface area contributed by atoms with E-state index in [2.05, 4.69) is 5.10 Å². The first-order chi connectivity index (χ1) is 12.8. The molecule has 2 amide bonds. The van der Waals surface area contributed by atoms with E-state index in [1.165, 1.54) is 22.7 Å². The van der Waals surface area contributed by atoms with Gasteiger partial charge in [-0.15, -0.1) is 0 Å². The lowest BCUT2D eigenvalue weighted by atomic mass is 10.1. The molecule has 0 saturated carbocycles. The molecule has 0 aromatic carbocycles. The molecular formula is C16H23N5O6. The number of aromatic nitrogens is 2. The summed E-state index contributed by atoms with van der Waals surface area (Å²) < 4.78 is 1.36. The van der Waals surface area contributed by atoms with Crippen molar-refractivity contribution in [2.24, 2.45) is 0 Å². The molecule has 11 heteroatoms. The predicted octanol–water partition coefficient (Wildman–Crippen LogP) is 0.496. The van der Waals surface area contributed by atoms with Crippen LogP contribution in [0.15, 0.2) is 12.4 Å². The number of nitrogens with zero attached hydrogens (tertiary/aromatic N) is 5. The summed E-state index contributed by atoms with van der Waals surface area (Å²) in [5, 5.41) is 23.5. The van der Waals surface area contributed by atoms with Crippen LogP contribution in [-0.2, 0) is 20.9 Å². The minimum atomic E-state index is -1.06. The third kappa shape index (κ3) is 5.76. The Hall–Kier alpha value is -2.98. The van der Waals surface area contributed by atoms with Crippen molar-refractivity contribution in [3.8, 4) is 0 Å². The average molecular weight is 381 g/mol. The van der Waals surface area contributed by atoms with E-state index in [4.69, 9.17) is 5.11 Å². The van der Waals surface area contributed by atoms with E-state index in [-0.39, 0.29) is 43.1 Å². The van der Waals surface area contributed by atoms with Crippen molar-refractivity contribution in [2.45, 2.75) is 45.2 Å². The number of aliphatic carboxylic acids is 1. The first kappa shape index (κ1) is 20.3. The van der Waals surface area contributed by atoms with E-state index in [9.17, 15) is 24.5 Å². The van der Waals surface area contributed by atoms with Crippen LogP contribution in [-0.4, -0.2) is 73.1 Å². The molecule has 1 aliphatic rings. The van der Waals surface area contributed by atoms with E-state index >= 15 is 0 Å². The number of hydrogen-bond donors (Lipinski definition) is 1. The second-order valence-corrected chi connectivity index (χ2v) is 6.47. The lowest BCUT2D eigenvalue weighted by molar-refractivity contribution is -0.385. The molecule has 148 valence electrons. The number of likely N-dealkylation sites (tertiary alicyclic amines) is 1. The Kier molecular flexibility index (Phi) is 6.85. The van der Waals surface area contributed by atoms with Crippen LogP contribution in [0.5, 0.6) is 0 Å². The molecule has 11 nitrogen and oxygen atoms in total. The van der Waals surface area contributed by atoms with Crippen molar-refractivity contribution in [1.29, 1.82) is 0 Å². The van der Waals surface area contributed by atoms with Gasteiger partial charge in [-0.05, 0) is 19.3 Å². The van der Waals surface area contributed by atoms with Gasteiger partial charge >= 0.3 is 11.7 Å². The van der Waals surface area contributed by atoms with Gasteiger partial charge in [0.25, 0.3) is 0 Å². The number of carboxylic acid groups (broad SMARTS) is 1. The standard InChI is InChI=1S/C16H23N5O6/c1-12(22)20(11-16(24)25)13-3-2-6-18(7-4-13)15(23)5-8-19-10-14(9-17-19)21(26)27/h9-10,13H,2-8,11H2,1H3,(H,24,25). The smallest absolute Gasteiger partial charge is 0.323 e. The maximum absolute atomic E-state index is 12.4. The SMILES string of the molecule is CC(=O)N(CC(=O)O)C1CCCN(C(=O)CCn2cc([N+](=O)[O-])cn2)CC1. The lowest BCUT2D eigenvalue weighted by Crippen LogP contribution is -2.43. The van der Waals surface area contributed by atoms with Crippen LogP contribution in [0.3, 0.4) is 0 Å². The number of hydrogen-bond acceptors (Lipinski definition) is 6. The highest BCUT2D eigenvalue weighted by atomic mass is 16.6. The van der Waals surface area contributed by atoms with Gasteiger partial charge in [-0.3, -0.25) is 29.2 Å². The maximum atomic E-state index is 12.4. The van der Waals surface area contributed by atoms with Gasteiger partial charge in [0.05, 0.1) is 4.92 Å². The molecule has 2 heterocycles.